The first-order valence-corrected chi connectivity index (χ1v) is 7.15. The molecule has 2 aliphatic rings. The zero-order chi connectivity index (χ0) is 13.7. The van der Waals surface area contributed by atoms with E-state index in [1.165, 1.54) is 0 Å². The maximum absolute atomic E-state index is 12.7. The third-order valence-corrected chi connectivity index (χ3v) is 4.21. The van der Waals surface area contributed by atoms with Crippen molar-refractivity contribution >= 4 is 5.91 Å². The van der Waals surface area contributed by atoms with Gasteiger partial charge in [0.1, 0.15) is 5.41 Å². The van der Waals surface area contributed by atoms with Crippen LogP contribution in [0.5, 0.6) is 0 Å². The lowest BCUT2D eigenvalue weighted by Crippen LogP contribution is -2.52. The fraction of sp³-hybridized carbons (Fsp3) is 0.857. The molecule has 5 nitrogen and oxygen atoms in total. The largest absolute Gasteiger partial charge is 0.394 e. The van der Waals surface area contributed by atoms with Crippen LogP contribution in [0.3, 0.4) is 0 Å². The zero-order valence-electron chi connectivity index (χ0n) is 11.3. The third-order valence-electron chi connectivity index (χ3n) is 4.21. The molecule has 1 atom stereocenters. The second-order valence-electron chi connectivity index (χ2n) is 5.53. The van der Waals surface area contributed by atoms with Gasteiger partial charge in [-0.2, -0.15) is 5.26 Å². The van der Waals surface area contributed by atoms with Crippen molar-refractivity contribution < 1.29 is 14.6 Å². The zero-order valence-corrected chi connectivity index (χ0v) is 11.3. The van der Waals surface area contributed by atoms with E-state index in [2.05, 4.69) is 6.07 Å². The van der Waals surface area contributed by atoms with E-state index in [0.29, 0.717) is 32.5 Å². The summed E-state index contributed by atoms with van der Waals surface area (Å²) < 4.78 is 5.36. The number of ether oxygens (including phenoxy) is 1. The van der Waals surface area contributed by atoms with Crippen LogP contribution in [0.1, 0.15) is 38.5 Å². The van der Waals surface area contributed by atoms with E-state index in [0.717, 1.165) is 25.7 Å². The third kappa shape index (κ3) is 3.07. The quantitative estimate of drug-likeness (QED) is 0.759. The number of carbonyl (C=O) groups is 1. The van der Waals surface area contributed by atoms with Crippen LogP contribution in [0.15, 0.2) is 0 Å². The van der Waals surface area contributed by atoms with Crippen molar-refractivity contribution in [1.29, 1.82) is 5.26 Å². The SMILES string of the molecule is N#CC1(C(=O)N2CCOC(CO)C2)CCCCCC1. The van der Waals surface area contributed by atoms with E-state index in [-0.39, 0.29) is 18.6 Å². The number of amides is 1. The van der Waals surface area contributed by atoms with Gasteiger partial charge in [-0.15, -0.1) is 0 Å². The molecule has 106 valence electrons. The highest BCUT2D eigenvalue weighted by Gasteiger charge is 2.42. The molecule has 1 saturated heterocycles. The number of hydrogen-bond donors (Lipinski definition) is 1. The fourth-order valence-corrected chi connectivity index (χ4v) is 3.02. The van der Waals surface area contributed by atoms with Gasteiger partial charge in [0.2, 0.25) is 5.91 Å². The van der Waals surface area contributed by atoms with Crippen LogP contribution in [0.25, 0.3) is 0 Å². The minimum absolute atomic E-state index is 0.0568. The predicted molar refractivity (Wildman–Crippen MR) is 69.2 cm³/mol. The molecule has 0 bridgehead atoms. The van der Waals surface area contributed by atoms with Gasteiger partial charge in [-0.25, -0.2) is 0 Å². The Morgan fingerprint density at radius 3 is 2.63 bits per heavy atom. The van der Waals surface area contributed by atoms with Gasteiger partial charge in [0.25, 0.3) is 0 Å². The highest BCUT2D eigenvalue weighted by atomic mass is 16.5. The van der Waals surface area contributed by atoms with Gasteiger partial charge in [-0.1, -0.05) is 25.7 Å². The van der Waals surface area contributed by atoms with Crippen molar-refractivity contribution in [1.82, 2.24) is 4.90 Å². The number of aliphatic hydroxyl groups excluding tert-OH is 1. The summed E-state index contributed by atoms with van der Waals surface area (Å²) in [4.78, 5) is 14.4. The van der Waals surface area contributed by atoms with Crippen molar-refractivity contribution in [2.75, 3.05) is 26.3 Å². The molecule has 5 heteroatoms. The number of nitriles is 1. The Kier molecular flexibility index (Phi) is 4.78. The molecule has 1 aliphatic carbocycles. The molecule has 2 rings (SSSR count). The molecule has 1 heterocycles. The van der Waals surface area contributed by atoms with Gasteiger partial charge < -0.3 is 14.7 Å². The van der Waals surface area contributed by atoms with Gasteiger partial charge in [-0.05, 0) is 12.8 Å². The summed E-state index contributed by atoms with van der Waals surface area (Å²) in [7, 11) is 0. The smallest absolute Gasteiger partial charge is 0.243 e. The van der Waals surface area contributed by atoms with E-state index >= 15 is 0 Å². The number of hydrogen-bond acceptors (Lipinski definition) is 4. The van der Waals surface area contributed by atoms with Crippen LogP contribution in [0, 0.1) is 16.7 Å². The lowest BCUT2D eigenvalue weighted by molar-refractivity contribution is -0.148. The molecule has 1 amide bonds. The first-order valence-electron chi connectivity index (χ1n) is 7.15. The van der Waals surface area contributed by atoms with E-state index < -0.39 is 5.41 Å². The molecule has 1 saturated carbocycles. The highest BCUT2D eigenvalue weighted by molar-refractivity contribution is 5.85. The summed E-state index contributed by atoms with van der Waals surface area (Å²) in [5.74, 6) is -0.0568. The van der Waals surface area contributed by atoms with Crippen molar-refractivity contribution in [3.63, 3.8) is 0 Å². The minimum Gasteiger partial charge on any atom is -0.394 e. The predicted octanol–water partition coefficient (Wildman–Crippen LogP) is 1.07. The van der Waals surface area contributed by atoms with Gasteiger partial charge in [-0.3, -0.25) is 4.79 Å². The summed E-state index contributed by atoms with van der Waals surface area (Å²) in [5.41, 5.74) is -0.839. The molecule has 0 radical (unpaired) electrons. The first-order chi connectivity index (χ1) is 9.22. The topological polar surface area (TPSA) is 73.6 Å². The molecule has 2 fully saturated rings. The van der Waals surface area contributed by atoms with E-state index in [9.17, 15) is 10.1 Å². The molecule has 0 spiro atoms. The Morgan fingerprint density at radius 1 is 1.37 bits per heavy atom. The number of morpholine rings is 1. The summed E-state index contributed by atoms with van der Waals surface area (Å²) in [6, 6.07) is 2.29. The lowest BCUT2D eigenvalue weighted by atomic mass is 9.80. The Morgan fingerprint density at radius 2 is 2.05 bits per heavy atom. The monoisotopic (exact) mass is 266 g/mol. The summed E-state index contributed by atoms with van der Waals surface area (Å²) in [5, 5.41) is 18.7. The number of carbonyl (C=O) groups excluding carboxylic acids is 1. The van der Waals surface area contributed by atoms with Crippen LogP contribution in [-0.2, 0) is 9.53 Å². The molecule has 0 aromatic carbocycles. The van der Waals surface area contributed by atoms with Gasteiger partial charge in [0.05, 0.1) is 25.4 Å². The number of nitrogens with zero attached hydrogens (tertiary/aromatic N) is 2. The van der Waals surface area contributed by atoms with Crippen LogP contribution in [-0.4, -0.2) is 48.3 Å². The standard InChI is InChI=1S/C14H22N2O3/c15-11-14(5-3-1-2-4-6-14)13(18)16-7-8-19-12(9-16)10-17/h12,17H,1-10H2. The molecule has 1 unspecified atom stereocenters. The highest BCUT2D eigenvalue weighted by Crippen LogP contribution is 2.36. The van der Waals surface area contributed by atoms with Crippen LogP contribution < -0.4 is 0 Å². The Hall–Kier alpha value is -1.12. The van der Waals surface area contributed by atoms with E-state index in [4.69, 9.17) is 9.84 Å². The lowest BCUT2D eigenvalue weighted by Gasteiger charge is -2.37. The fourth-order valence-electron chi connectivity index (χ4n) is 3.02. The summed E-state index contributed by atoms with van der Waals surface area (Å²) in [6.07, 6.45) is 5.16. The average molecular weight is 266 g/mol. The molecular formula is C14H22N2O3. The normalized spacial score (nSPS) is 27.4. The van der Waals surface area contributed by atoms with Gasteiger partial charge in [0, 0.05) is 13.1 Å². The number of aliphatic hydroxyl groups is 1. The van der Waals surface area contributed by atoms with Crippen molar-refractivity contribution in [2.24, 2.45) is 5.41 Å². The van der Waals surface area contributed by atoms with Crippen LogP contribution in [0.4, 0.5) is 0 Å². The molecule has 19 heavy (non-hydrogen) atoms. The molecular weight excluding hydrogens is 244 g/mol. The minimum atomic E-state index is -0.839. The maximum Gasteiger partial charge on any atom is 0.243 e. The summed E-state index contributed by atoms with van der Waals surface area (Å²) in [6.45, 7) is 1.29. The van der Waals surface area contributed by atoms with Gasteiger partial charge in [0.15, 0.2) is 0 Å². The van der Waals surface area contributed by atoms with Crippen molar-refractivity contribution in [3.8, 4) is 6.07 Å². The van der Waals surface area contributed by atoms with E-state index in [1.54, 1.807) is 4.90 Å². The van der Waals surface area contributed by atoms with Crippen molar-refractivity contribution in [3.05, 3.63) is 0 Å². The second-order valence-corrected chi connectivity index (χ2v) is 5.53. The van der Waals surface area contributed by atoms with Crippen molar-refractivity contribution in [2.45, 2.75) is 44.6 Å². The van der Waals surface area contributed by atoms with Crippen LogP contribution in [0.2, 0.25) is 0 Å². The van der Waals surface area contributed by atoms with E-state index in [1.807, 2.05) is 0 Å². The molecule has 0 aromatic rings. The maximum atomic E-state index is 12.7. The summed E-state index contributed by atoms with van der Waals surface area (Å²) >= 11 is 0. The van der Waals surface area contributed by atoms with Gasteiger partial charge >= 0.3 is 0 Å². The average Bonchev–Trinajstić information content (AvgIpc) is 2.73. The Balaban J connectivity index is 2.09. The number of rotatable bonds is 2. The first kappa shape index (κ1) is 14.3. The second kappa shape index (κ2) is 6.36. The molecule has 1 N–H and O–H groups in total. The Labute approximate surface area is 114 Å². The molecule has 0 aromatic heterocycles. The molecule has 1 aliphatic heterocycles. The van der Waals surface area contributed by atoms with Crippen LogP contribution >= 0.6 is 0 Å². The Bertz CT molecular complexity index is 356.